The van der Waals surface area contributed by atoms with E-state index in [9.17, 15) is 10.2 Å². The van der Waals surface area contributed by atoms with E-state index in [1.807, 2.05) is 0 Å². The molecule has 4 rings (SSSR count). The highest BCUT2D eigenvalue weighted by Crippen LogP contribution is 2.65. The van der Waals surface area contributed by atoms with E-state index >= 15 is 0 Å². The van der Waals surface area contributed by atoms with Crippen molar-refractivity contribution < 1.29 is 28.8 Å². The molecular formula is C24H44O6Si. The Morgan fingerprint density at radius 3 is 2.00 bits per heavy atom. The Morgan fingerprint density at radius 1 is 0.935 bits per heavy atom. The number of rotatable bonds is 5. The zero-order valence-corrected chi connectivity index (χ0v) is 21.3. The second kappa shape index (κ2) is 8.03. The lowest BCUT2D eigenvalue weighted by Crippen LogP contribution is -2.83. The summed E-state index contributed by atoms with van der Waals surface area (Å²) in [5.74, 6) is 0. The van der Waals surface area contributed by atoms with Gasteiger partial charge in [0.25, 0.3) is 0 Å². The largest absolute Gasteiger partial charge is 0.411 e. The van der Waals surface area contributed by atoms with Gasteiger partial charge in [-0.1, -0.05) is 20.8 Å². The van der Waals surface area contributed by atoms with Gasteiger partial charge in [0.15, 0.2) is 8.32 Å². The maximum absolute atomic E-state index is 12.6. The molecule has 1 aliphatic carbocycles. The molecule has 3 heterocycles. The van der Waals surface area contributed by atoms with Crippen LogP contribution in [0, 0.1) is 0 Å². The summed E-state index contributed by atoms with van der Waals surface area (Å²) in [6.45, 7) is 13.3. The van der Waals surface area contributed by atoms with Crippen molar-refractivity contribution in [2.24, 2.45) is 0 Å². The second-order valence-corrected chi connectivity index (χ2v) is 16.6. The zero-order chi connectivity index (χ0) is 22.6. The van der Waals surface area contributed by atoms with E-state index < -0.39 is 36.8 Å². The quantitative estimate of drug-likeness (QED) is 0.611. The van der Waals surface area contributed by atoms with Crippen LogP contribution in [0.3, 0.4) is 0 Å². The molecule has 180 valence electrons. The lowest BCUT2D eigenvalue weighted by atomic mass is 9.51. The second-order valence-electron chi connectivity index (χ2n) is 11.8. The number of aliphatic hydroxyl groups is 2. The molecule has 0 bridgehead atoms. The van der Waals surface area contributed by atoms with Crippen LogP contribution in [0.15, 0.2) is 0 Å². The minimum atomic E-state index is -2.18. The number of fused-ring (bicyclic) bond motifs is 2. The molecule has 0 aromatic carbocycles. The molecule has 2 N–H and O–H groups in total. The fourth-order valence-corrected chi connectivity index (χ4v) is 8.13. The third-order valence-electron chi connectivity index (χ3n) is 9.24. The molecule has 3 aliphatic heterocycles. The highest BCUT2D eigenvalue weighted by atomic mass is 28.4. The topological polar surface area (TPSA) is 77.4 Å². The van der Waals surface area contributed by atoms with E-state index in [2.05, 4.69) is 33.9 Å². The Morgan fingerprint density at radius 2 is 1.52 bits per heavy atom. The molecule has 0 unspecified atom stereocenters. The molecule has 0 aromatic rings. The summed E-state index contributed by atoms with van der Waals surface area (Å²) >= 11 is 0. The first kappa shape index (κ1) is 24.1. The van der Waals surface area contributed by atoms with Gasteiger partial charge in [0.1, 0.15) is 22.4 Å². The Balaban J connectivity index is 1.85. The summed E-state index contributed by atoms with van der Waals surface area (Å²) < 4.78 is 26.9. The maximum atomic E-state index is 12.6. The highest BCUT2D eigenvalue weighted by Gasteiger charge is 2.80. The first-order chi connectivity index (χ1) is 14.5. The summed E-state index contributed by atoms with van der Waals surface area (Å²) in [4.78, 5) is 0. The molecular weight excluding hydrogens is 412 g/mol. The minimum Gasteiger partial charge on any atom is -0.411 e. The third-order valence-corrected chi connectivity index (χ3v) is 13.7. The molecule has 4 fully saturated rings. The summed E-state index contributed by atoms with van der Waals surface area (Å²) in [5, 5.41) is 22.4. The zero-order valence-electron chi connectivity index (χ0n) is 20.3. The molecule has 0 aromatic heterocycles. The SMILES string of the molecule is CC(C)(C)[Si](C)(C)O[C@@H]1C[C@@]2(CCCO2)[C@@]2(CCCO2)[C@@]2(CCCO2)[C@@]1(O)CCCO. The van der Waals surface area contributed by atoms with Gasteiger partial charge < -0.3 is 28.8 Å². The lowest BCUT2D eigenvalue weighted by molar-refractivity contribution is -0.355. The summed E-state index contributed by atoms with van der Waals surface area (Å²) in [7, 11) is -2.18. The number of aliphatic hydroxyl groups excluding tert-OH is 1. The van der Waals surface area contributed by atoms with E-state index in [-0.39, 0.29) is 11.6 Å². The maximum Gasteiger partial charge on any atom is 0.192 e. The van der Waals surface area contributed by atoms with Gasteiger partial charge in [-0.2, -0.15) is 0 Å². The molecule has 0 radical (unpaired) electrons. The Kier molecular flexibility index (Phi) is 6.25. The van der Waals surface area contributed by atoms with Crippen LogP contribution in [0.5, 0.6) is 0 Å². The number of ether oxygens (including phenoxy) is 3. The normalized spacial score (nSPS) is 43.6. The fourth-order valence-electron chi connectivity index (χ4n) is 6.79. The van der Waals surface area contributed by atoms with Crippen molar-refractivity contribution in [2.45, 2.75) is 125 Å². The Hall–Kier alpha value is -0.0231. The van der Waals surface area contributed by atoms with Crippen LogP contribution in [0.2, 0.25) is 18.1 Å². The standard InChI is InChI=1S/C24H44O6Si/c1-20(2,3)31(4,5)30-19-18-21(10-7-15-27-21)23(12-8-16-28-23)24(13-9-17-29-24)22(19,26)11-6-14-25/h19,25-26H,6-18H2,1-5H3/t19-,21+,22-,23+,24-/m1/s1. The summed E-state index contributed by atoms with van der Waals surface area (Å²) in [6, 6.07) is 0. The van der Waals surface area contributed by atoms with E-state index in [1.54, 1.807) is 0 Å². The van der Waals surface area contributed by atoms with Gasteiger partial charge in [-0.05, 0) is 69.5 Å². The van der Waals surface area contributed by atoms with Crippen LogP contribution in [-0.4, -0.2) is 73.5 Å². The molecule has 4 aliphatic rings. The smallest absolute Gasteiger partial charge is 0.192 e. The predicted molar refractivity (Wildman–Crippen MR) is 122 cm³/mol. The molecule has 5 atom stereocenters. The van der Waals surface area contributed by atoms with Gasteiger partial charge in [0.2, 0.25) is 0 Å². The van der Waals surface area contributed by atoms with Crippen molar-refractivity contribution >= 4 is 8.32 Å². The van der Waals surface area contributed by atoms with Crippen molar-refractivity contribution in [3.05, 3.63) is 0 Å². The molecule has 6 nitrogen and oxygen atoms in total. The van der Waals surface area contributed by atoms with Crippen LogP contribution in [-0.2, 0) is 18.6 Å². The van der Waals surface area contributed by atoms with E-state index in [0.29, 0.717) is 32.5 Å². The van der Waals surface area contributed by atoms with Gasteiger partial charge in [-0.3, -0.25) is 0 Å². The van der Waals surface area contributed by atoms with Gasteiger partial charge in [0, 0.05) is 32.8 Å². The van der Waals surface area contributed by atoms with Crippen molar-refractivity contribution in [3.63, 3.8) is 0 Å². The van der Waals surface area contributed by atoms with Crippen molar-refractivity contribution in [2.75, 3.05) is 26.4 Å². The van der Waals surface area contributed by atoms with Crippen LogP contribution >= 0.6 is 0 Å². The van der Waals surface area contributed by atoms with Crippen molar-refractivity contribution in [1.82, 2.24) is 0 Å². The molecule has 0 amide bonds. The third kappa shape index (κ3) is 3.33. The predicted octanol–water partition coefficient (Wildman–Crippen LogP) is 3.93. The summed E-state index contributed by atoms with van der Waals surface area (Å²) in [5.41, 5.74) is -3.21. The highest BCUT2D eigenvalue weighted by molar-refractivity contribution is 6.74. The Labute approximate surface area is 189 Å². The average Bonchev–Trinajstić information content (AvgIpc) is 3.44. The van der Waals surface area contributed by atoms with Crippen LogP contribution in [0.25, 0.3) is 0 Å². The molecule has 1 saturated carbocycles. The number of hydrogen-bond acceptors (Lipinski definition) is 6. The van der Waals surface area contributed by atoms with Gasteiger partial charge in [0.05, 0.1) is 6.10 Å². The minimum absolute atomic E-state index is 0.0251. The Bertz CT molecular complexity index is 641. The van der Waals surface area contributed by atoms with Crippen LogP contribution < -0.4 is 0 Å². The molecule has 3 saturated heterocycles. The van der Waals surface area contributed by atoms with Crippen molar-refractivity contribution in [3.8, 4) is 0 Å². The van der Waals surface area contributed by atoms with Gasteiger partial charge >= 0.3 is 0 Å². The van der Waals surface area contributed by atoms with Gasteiger partial charge in [-0.25, -0.2) is 0 Å². The van der Waals surface area contributed by atoms with Crippen LogP contribution in [0.1, 0.15) is 78.6 Å². The van der Waals surface area contributed by atoms with Crippen molar-refractivity contribution in [1.29, 1.82) is 0 Å². The van der Waals surface area contributed by atoms with E-state index in [0.717, 1.165) is 45.1 Å². The van der Waals surface area contributed by atoms with Crippen LogP contribution in [0.4, 0.5) is 0 Å². The van der Waals surface area contributed by atoms with E-state index in [1.165, 1.54) is 0 Å². The monoisotopic (exact) mass is 456 g/mol. The number of hydrogen-bond donors (Lipinski definition) is 2. The lowest BCUT2D eigenvalue weighted by Gasteiger charge is -2.66. The first-order valence-corrected chi connectivity index (χ1v) is 15.3. The average molecular weight is 457 g/mol. The molecule has 3 spiro atoms. The fraction of sp³-hybridized carbons (Fsp3) is 1.00. The first-order valence-electron chi connectivity index (χ1n) is 12.4. The molecule has 31 heavy (non-hydrogen) atoms. The van der Waals surface area contributed by atoms with Gasteiger partial charge in [-0.15, -0.1) is 0 Å². The molecule has 7 heteroatoms. The van der Waals surface area contributed by atoms with E-state index in [4.69, 9.17) is 18.6 Å². The summed E-state index contributed by atoms with van der Waals surface area (Å²) in [6.07, 6.45) is 6.58.